The molecule has 2 aliphatic rings. The number of benzene rings is 1. The van der Waals surface area contributed by atoms with Gasteiger partial charge in [0.25, 0.3) is 0 Å². The molecule has 0 spiro atoms. The van der Waals surface area contributed by atoms with Crippen LogP contribution in [0, 0.1) is 5.92 Å². The van der Waals surface area contributed by atoms with Gasteiger partial charge in [0.2, 0.25) is 0 Å². The average molecular weight is 407 g/mol. The fraction of sp³-hybridized carbons (Fsp3) is 0.600. The second kappa shape index (κ2) is 10.4. The van der Waals surface area contributed by atoms with Crippen molar-refractivity contribution in [2.24, 2.45) is 5.92 Å². The summed E-state index contributed by atoms with van der Waals surface area (Å²) in [7, 11) is 3.03. The highest BCUT2D eigenvalue weighted by Gasteiger charge is 2.32. The molecular weight excluding hydrogens is 378 g/mol. The molecular formula is C20H29N3O6. The Bertz CT molecular complexity index is 701. The van der Waals surface area contributed by atoms with Crippen molar-refractivity contribution < 1.29 is 28.5 Å². The largest absolute Gasteiger partial charge is 0.497 e. The highest BCUT2D eigenvalue weighted by molar-refractivity contribution is 6.39. The summed E-state index contributed by atoms with van der Waals surface area (Å²) in [6.07, 6.45) is 0.952. The lowest BCUT2D eigenvalue weighted by Crippen LogP contribution is -2.53. The molecule has 29 heavy (non-hydrogen) atoms. The van der Waals surface area contributed by atoms with Crippen molar-refractivity contribution in [1.82, 2.24) is 10.2 Å². The number of ether oxygens (including phenoxy) is 4. The van der Waals surface area contributed by atoms with Gasteiger partial charge in [0.15, 0.2) is 0 Å². The Balaban J connectivity index is 1.58. The Kier molecular flexibility index (Phi) is 7.68. The van der Waals surface area contributed by atoms with Gasteiger partial charge in [-0.2, -0.15) is 0 Å². The van der Waals surface area contributed by atoms with Crippen LogP contribution in [0.2, 0.25) is 0 Å². The van der Waals surface area contributed by atoms with E-state index < -0.39 is 11.8 Å². The van der Waals surface area contributed by atoms with Crippen molar-refractivity contribution in [3.05, 3.63) is 18.2 Å². The third-order valence-corrected chi connectivity index (χ3v) is 5.36. The Morgan fingerprint density at radius 1 is 1.14 bits per heavy atom. The summed E-state index contributed by atoms with van der Waals surface area (Å²) in [4.78, 5) is 27.1. The maximum atomic E-state index is 12.4. The number of nitrogens with zero attached hydrogens (tertiary/aromatic N) is 1. The number of anilines is 1. The second-order valence-corrected chi connectivity index (χ2v) is 7.07. The van der Waals surface area contributed by atoms with E-state index >= 15 is 0 Å². The van der Waals surface area contributed by atoms with Crippen LogP contribution >= 0.6 is 0 Å². The number of carbonyl (C=O) groups is 2. The number of methoxy groups -OCH3 is 2. The molecule has 2 fully saturated rings. The molecule has 1 aromatic carbocycles. The standard InChI is InChI=1S/C20H29N3O6/c1-26-15-3-4-16(18(11-15)27-2)22-20(25)19(24)21-12-17(14-5-8-29-13-14)23-6-9-28-10-7-23/h3-4,11,14,17H,5-10,12-13H2,1-2H3,(H,21,24)(H,22,25)/t14-,17+/m0/s1. The zero-order valence-electron chi connectivity index (χ0n) is 16.9. The molecule has 2 heterocycles. The van der Waals surface area contributed by atoms with E-state index in [1.54, 1.807) is 25.3 Å². The number of morpholine rings is 1. The van der Waals surface area contributed by atoms with Crippen LogP contribution in [0.3, 0.4) is 0 Å². The summed E-state index contributed by atoms with van der Waals surface area (Å²) in [5.74, 6) is -0.0775. The van der Waals surface area contributed by atoms with Crippen LogP contribution in [0.25, 0.3) is 0 Å². The highest BCUT2D eigenvalue weighted by Crippen LogP contribution is 2.29. The first-order chi connectivity index (χ1) is 14.1. The molecule has 1 aromatic rings. The molecule has 2 saturated heterocycles. The average Bonchev–Trinajstić information content (AvgIpc) is 3.29. The molecule has 0 aromatic heterocycles. The van der Waals surface area contributed by atoms with Crippen LogP contribution in [0.4, 0.5) is 5.69 Å². The number of amides is 2. The molecule has 9 nitrogen and oxygen atoms in total. The molecule has 2 aliphatic heterocycles. The number of nitrogens with one attached hydrogen (secondary N) is 2. The van der Waals surface area contributed by atoms with Crippen molar-refractivity contribution in [3.63, 3.8) is 0 Å². The van der Waals surface area contributed by atoms with Gasteiger partial charge >= 0.3 is 11.8 Å². The minimum absolute atomic E-state index is 0.119. The fourth-order valence-electron chi connectivity index (χ4n) is 3.72. The van der Waals surface area contributed by atoms with E-state index in [1.807, 2.05) is 0 Å². The van der Waals surface area contributed by atoms with Crippen LogP contribution in [-0.2, 0) is 19.1 Å². The number of rotatable bonds is 7. The summed E-state index contributed by atoms with van der Waals surface area (Å²) in [6.45, 7) is 4.77. The molecule has 0 bridgehead atoms. The first-order valence-electron chi connectivity index (χ1n) is 9.83. The van der Waals surface area contributed by atoms with Crippen LogP contribution < -0.4 is 20.1 Å². The van der Waals surface area contributed by atoms with Gasteiger partial charge in [-0.3, -0.25) is 14.5 Å². The van der Waals surface area contributed by atoms with Crippen molar-refractivity contribution in [3.8, 4) is 11.5 Å². The van der Waals surface area contributed by atoms with Crippen LogP contribution in [0.15, 0.2) is 18.2 Å². The SMILES string of the molecule is COc1ccc(NC(=O)C(=O)NC[C@H]([C@H]2CCOC2)N2CCOCC2)c(OC)c1. The van der Waals surface area contributed by atoms with Crippen LogP contribution in [0.1, 0.15) is 6.42 Å². The zero-order chi connectivity index (χ0) is 20.6. The third-order valence-electron chi connectivity index (χ3n) is 5.36. The van der Waals surface area contributed by atoms with Gasteiger partial charge in [-0.05, 0) is 18.6 Å². The van der Waals surface area contributed by atoms with Crippen molar-refractivity contribution in [1.29, 1.82) is 0 Å². The van der Waals surface area contributed by atoms with Crippen molar-refractivity contribution >= 4 is 17.5 Å². The van der Waals surface area contributed by atoms with Crippen molar-refractivity contribution in [2.45, 2.75) is 12.5 Å². The lowest BCUT2D eigenvalue weighted by atomic mass is 9.97. The fourth-order valence-corrected chi connectivity index (χ4v) is 3.72. The smallest absolute Gasteiger partial charge is 0.313 e. The Labute approximate surface area is 170 Å². The molecule has 2 N–H and O–H groups in total. The van der Waals surface area contributed by atoms with E-state index in [0.717, 1.165) is 26.1 Å². The van der Waals surface area contributed by atoms with Gasteiger partial charge in [-0.25, -0.2) is 0 Å². The van der Waals surface area contributed by atoms with E-state index in [1.165, 1.54) is 7.11 Å². The number of carbonyl (C=O) groups excluding carboxylic acids is 2. The lowest BCUT2D eigenvalue weighted by Gasteiger charge is -2.37. The Morgan fingerprint density at radius 3 is 2.59 bits per heavy atom. The van der Waals surface area contributed by atoms with Gasteiger partial charge < -0.3 is 29.6 Å². The first-order valence-corrected chi connectivity index (χ1v) is 9.83. The van der Waals surface area contributed by atoms with Gasteiger partial charge in [0.05, 0.1) is 39.7 Å². The van der Waals surface area contributed by atoms with Gasteiger partial charge in [-0.15, -0.1) is 0 Å². The normalized spacial score (nSPS) is 20.7. The van der Waals surface area contributed by atoms with Gasteiger partial charge in [0, 0.05) is 44.3 Å². The molecule has 160 valence electrons. The first kappa shape index (κ1) is 21.4. The Hall–Kier alpha value is -2.36. The maximum absolute atomic E-state index is 12.4. The Morgan fingerprint density at radius 2 is 1.93 bits per heavy atom. The lowest BCUT2D eigenvalue weighted by molar-refractivity contribution is -0.136. The van der Waals surface area contributed by atoms with E-state index in [0.29, 0.717) is 49.5 Å². The summed E-state index contributed by atoms with van der Waals surface area (Å²) >= 11 is 0. The monoisotopic (exact) mass is 407 g/mol. The molecule has 2 atom stereocenters. The van der Waals surface area contributed by atoms with Crippen LogP contribution in [0.5, 0.6) is 11.5 Å². The summed E-state index contributed by atoms with van der Waals surface area (Å²) in [5, 5.41) is 5.38. The second-order valence-electron chi connectivity index (χ2n) is 7.07. The van der Waals surface area contributed by atoms with E-state index in [2.05, 4.69) is 15.5 Å². The summed E-state index contributed by atoms with van der Waals surface area (Å²) in [6, 6.07) is 5.08. The molecule has 0 radical (unpaired) electrons. The molecule has 9 heteroatoms. The summed E-state index contributed by atoms with van der Waals surface area (Å²) in [5.41, 5.74) is 0.405. The topological polar surface area (TPSA) is 98.4 Å². The van der Waals surface area contributed by atoms with E-state index in [9.17, 15) is 9.59 Å². The summed E-state index contributed by atoms with van der Waals surface area (Å²) < 4.78 is 21.4. The van der Waals surface area contributed by atoms with E-state index in [4.69, 9.17) is 18.9 Å². The van der Waals surface area contributed by atoms with Crippen LogP contribution in [-0.4, -0.2) is 83.0 Å². The molecule has 2 amide bonds. The predicted molar refractivity (Wildman–Crippen MR) is 106 cm³/mol. The third kappa shape index (κ3) is 5.59. The van der Waals surface area contributed by atoms with Crippen molar-refractivity contribution in [2.75, 3.05) is 65.6 Å². The number of hydrogen-bond acceptors (Lipinski definition) is 7. The van der Waals surface area contributed by atoms with E-state index in [-0.39, 0.29) is 6.04 Å². The quantitative estimate of drug-likeness (QED) is 0.635. The molecule has 3 rings (SSSR count). The highest BCUT2D eigenvalue weighted by atomic mass is 16.5. The minimum Gasteiger partial charge on any atom is -0.497 e. The van der Waals surface area contributed by atoms with Gasteiger partial charge in [0.1, 0.15) is 11.5 Å². The molecule has 0 aliphatic carbocycles. The molecule has 0 unspecified atom stereocenters. The minimum atomic E-state index is -0.739. The van der Waals surface area contributed by atoms with Gasteiger partial charge in [-0.1, -0.05) is 0 Å². The zero-order valence-corrected chi connectivity index (χ0v) is 16.9. The maximum Gasteiger partial charge on any atom is 0.313 e. The molecule has 0 saturated carbocycles. The number of hydrogen-bond donors (Lipinski definition) is 2. The predicted octanol–water partition coefficient (Wildman–Crippen LogP) is 0.496.